The van der Waals surface area contributed by atoms with Gasteiger partial charge in [-0.05, 0) is 24.1 Å². The summed E-state index contributed by atoms with van der Waals surface area (Å²) >= 11 is 0. The van der Waals surface area contributed by atoms with Crippen molar-refractivity contribution in [1.82, 2.24) is 5.32 Å². The van der Waals surface area contributed by atoms with Crippen LogP contribution in [0, 0.1) is 0 Å². The Balaban J connectivity index is 1.58. The fraction of sp³-hybridized carbons (Fsp3) is 0.500. The van der Waals surface area contributed by atoms with Crippen molar-refractivity contribution >= 4 is 5.91 Å². The van der Waals surface area contributed by atoms with Crippen LogP contribution < -0.4 is 14.8 Å². The van der Waals surface area contributed by atoms with Gasteiger partial charge in [0.15, 0.2) is 11.5 Å². The zero-order valence-corrected chi connectivity index (χ0v) is 11.0. The molecule has 2 aliphatic rings. The maximum atomic E-state index is 12.0. The average Bonchev–Trinajstić information content (AvgIpc) is 2.89. The van der Waals surface area contributed by atoms with E-state index in [1.165, 1.54) is 0 Å². The quantitative estimate of drug-likeness (QED) is 0.828. The molecule has 1 amide bonds. The summed E-state index contributed by atoms with van der Waals surface area (Å²) in [4.78, 5) is 12.0. The van der Waals surface area contributed by atoms with Crippen LogP contribution in [0.5, 0.6) is 11.5 Å². The van der Waals surface area contributed by atoms with Crippen molar-refractivity contribution in [2.45, 2.75) is 25.0 Å². The molecule has 2 N–H and O–H groups in total. The number of hydrogen-bond acceptors (Lipinski definition) is 5. The highest BCUT2D eigenvalue weighted by Crippen LogP contribution is 2.32. The fourth-order valence-electron chi connectivity index (χ4n) is 2.39. The van der Waals surface area contributed by atoms with Crippen LogP contribution >= 0.6 is 0 Å². The van der Waals surface area contributed by atoms with Gasteiger partial charge in [-0.3, -0.25) is 4.79 Å². The Morgan fingerprint density at radius 2 is 2.20 bits per heavy atom. The first-order chi connectivity index (χ1) is 9.72. The molecule has 0 saturated carbocycles. The van der Waals surface area contributed by atoms with E-state index in [-0.39, 0.29) is 31.8 Å². The molecule has 1 fully saturated rings. The molecule has 108 valence electrons. The molecule has 1 saturated heterocycles. The lowest BCUT2D eigenvalue weighted by atomic mass is 10.1. The molecule has 2 heterocycles. The van der Waals surface area contributed by atoms with E-state index in [0.29, 0.717) is 24.5 Å². The zero-order chi connectivity index (χ0) is 13.9. The fourth-order valence-corrected chi connectivity index (χ4v) is 2.39. The molecule has 2 aliphatic heterocycles. The molecule has 6 heteroatoms. The van der Waals surface area contributed by atoms with E-state index in [9.17, 15) is 9.90 Å². The molecule has 0 spiro atoms. The molecular weight excluding hydrogens is 262 g/mol. The zero-order valence-electron chi connectivity index (χ0n) is 11.0. The van der Waals surface area contributed by atoms with Crippen molar-refractivity contribution in [3.63, 3.8) is 0 Å². The smallest absolute Gasteiger partial charge is 0.231 e. The van der Waals surface area contributed by atoms with Gasteiger partial charge in [0.2, 0.25) is 12.7 Å². The van der Waals surface area contributed by atoms with Gasteiger partial charge in [-0.25, -0.2) is 0 Å². The second kappa shape index (κ2) is 5.68. The van der Waals surface area contributed by atoms with E-state index in [2.05, 4.69) is 5.32 Å². The predicted molar refractivity (Wildman–Crippen MR) is 69.6 cm³/mol. The number of aliphatic hydroxyl groups is 1. The SMILES string of the molecule is O=C(Cc1ccc2c(c1)OCO2)N[C@@H]1CCOC[C@H]1O. The van der Waals surface area contributed by atoms with Gasteiger partial charge in [0.1, 0.15) is 0 Å². The first kappa shape index (κ1) is 13.2. The number of ether oxygens (including phenoxy) is 3. The van der Waals surface area contributed by atoms with Gasteiger partial charge in [-0.1, -0.05) is 6.07 Å². The van der Waals surface area contributed by atoms with Crippen LogP contribution in [-0.4, -0.2) is 43.2 Å². The second-order valence-corrected chi connectivity index (χ2v) is 4.97. The molecule has 20 heavy (non-hydrogen) atoms. The van der Waals surface area contributed by atoms with Crippen molar-refractivity contribution in [1.29, 1.82) is 0 Å². The van der Waals surface area contributed by atoms with Crippen LogP contribution in [-0.2, 0) is 16.0 Å². The highest BCUT2D eigenvalue weighted by molar-refractivity contribution is 5.79. The summed E-state index contributed by atoms with van der Waals surface area (Å²) in [5, 5.41) is 12.6. The number of nitrogens with one attached hydrogen (secondary N) is 1. The third-order valence-electron chi connectivity index (χ3n) is 3.47. The third kappa shape index (κ3) is 2.86. The van der Waals surface area contributed by atoms with Gasteiger partial charge in [0.25, 0.3) is 0 Å². The van der Waals surface area contributed by atoms with Gasteiger partial charge in [0, 0.05) is 6.61 Å². The normalized spacial score (nSPS) is 24.4. The molecule has 0 bridgehead atoms. The summed E-state index contributed by atoms with van der Waals surface area (Å²) in [5.41, 5.74) is 0.855. The van der Waals surface area contributed by atoms with Crippen LogP contribution in [0.3, 0.4) is 0 Å². The standard InChI is InChI=1S/C14H17NO5/c16-11-7-18-4-3-10(11)15-14(17)6-9-1-2-12-13(5-9)20-8-19-12/h1-2,5,10-11,16H,3-4,6-8H2,(H,15,17)/t10-,11-/m1/s1. The Morgan fingerprint density at radius 3 is 3.05 bits per heavy atom. The number of rotatable bonds is 3. The average molecular weight is 279 g/mol. The molecule has 1 aromatic rings. The van der Waals surface area contributed by atoms with E-state index in [1.54, 1.807) is 6.07 Å². The number of aliphatic hydroxyl groups excluding tert-OH is 1. The number of amides is 1. The molecule has 0 aromatic heterocycles. The van der Waals surface area contributed by atoms with Crippen molar-refractivity contribution < 1.29 is 24.1 Å². The molecule has 0 unspecified atom stereocenters. The summed E-state index contributed by atoms with van der Waals surface area (Å²) in [6.07, 6.45) is 0.249. The van der Waals surface area contributed by atoms with Gasteiger partial charge in [-0.15, -0.1) is 0 Å². The van der Waals surface area contributed by atoms with Crippen LogP contribution in [0.2, 0.25) is 0 Å². The van der Waals surface area contributed by atoms with Crippen LogP contribution in [0.15, 0.2) is 18.2 Å². The van der Waals surface area contributed by atoms with Crippen LogP contribution in [0.1, 0.15) is 12.0 Å². The molecular formula is C14H17NO5. The summed E-state index contributed by atoms with van der Waals surface area (Å²) in [6, 6.07) is 5.22. The largest absolute Gasteiger partial charge is 0.454 e. The van der Waals surface area contributed by atoms with E-state index in [0.717, 1.165) is 5.56 Å². The van der Waals surface area contributed by atoms with Crippen LogP contribution in [0.25, 0.3) is 0 Å². The second-order valence-electron chi connectivity index (χ2n) is 4.97. The van der Waals surface area contributed by atoms with Crippen molar-refractivity contribution in [2.75, 3.05) is 20.0 Å². The van der Waals surface area contributed by atoms with Crippen molar-refractivity contribution in [3.8, 4) is 11.5 Å². The lowest BCUT2D eigenvalue weighted by Crippen LogP contribution is -2.49. The maximum Gasteiger partial charge on any atom is 0.231 e. The van der Waals surface area contributed by atoms with Crippen molar-refractivity contribution in [3.05, 3.63) is 23.8 Å². The first-order valence-corrected chi connectivity index (χ1v) is 6.66. The maximum absolute atomic E-state index is 12.0. The van der Waals surface area contributed by atoms with Crippen LogP contribution in [0.4, 0.5) is 0 Å². The molecule has 6 nitrogen and oxygen atoms in total. The Hall–Kier alpha value is -1.79. The molecule has 2 atom stereocenters. The summed E-state index contributed by atoms with van der Waals surface area (Å²) in [7, 11) is 0. The number of benzene rings is 1. The Bertz CT molecular complexity index is 504. The minimum absolute atomic E-state index is 0.116. The Morgan fingerprint density at radius 1 is 1.35 bits per heavy atom. The summed E-state index contributed by atoms with van der Waals surface area (Å²) < 4.78 is 15.6. The van der Waals surface area contributed by atoms with E-state index in [4.69, 9.17) is 14.2 Å². The summed E-state index contributed by atoms with van der Waals surface area (Å²) in [5.74, 6) is 1.25. The molecule has 0 radical (unpaired) electrons. The van der Waals surface area contributed by atoms with Gasteiger partial charge < -0.3 is 24.6 Å². The highest BCUT2D eigenvalue weighted by atomic mass is 16.7. The molecule has 1 aromatic carbocycles. The van der Waals surface area contributed by atoms with Gasteiger partial charge >= 0.3 is 0 Å². The number of carbonyl (C=O) groups excluding carboxylic acids is 1. The predicted octanol–water partition coefficient (Wildman–Crippen LogP) is 0.224. The van der Waals surface area contributed by atoms with Gasteiger partial charge in [0.05, 0.1) is 25.2 Å². The van der Waals surface area contributed by atoms with E-state index >= 15 is 0 Å². The van der Waals surface area contributed by atoms with Gasteiger partial charge in [-0.2, -0.15) is 0 Å². The number of fused-ring (bicyclic) bond motifs is 1. The lowest BCUT2D eigenvalue weighted by Gasteiger charge is -2.28. The Labute approximate surface area is 116 Å². The number of carbonyl (C=O) groups is 1. The highest BCUT2D eigenvalue weighted by Gasteiger charge is 2.25. The van der Waals surface area contributed by atoms with Crippen molar-refractivity contribution in [2.24, 2.45) is 0 Å². The minimum atomic E-state index is -0.635. The number of hydrogen-bond donors (Lipinski definition) is 2. The topological polar surface area (TPSA) is 77.0 Å². The van der Waals surface area contributed by atoms with E-state index < -0.39 is 6.10 Å². The lowest BCUT2D eigenvalue weighted by molar-refractivity contribution is -0.123. The first-order valence-electron chi connectivity index (χ1n) is 6.66. The molecule has 3 rings (SSSR count). The minimum Gasteiger partial charge on any atom is -0.454 e. The monoisotopic (exact) mass is 279 g/mol. The molecule has 0 aliphatic carbocycles. The Kier molecular flexibility index (Phi) is 3.75. The summed E-state index contributed by atoms with van der Waals surface area (Å²) in [6.45, 7) is 1.06. The third-order valence-corrected chi connectivity index (χ3v) is 3.47. The van der Waals surface area contributed by atoms with E-state index in [1.807, 2.05) is 12.1 Å².